The number of hydrogen-bond acceptors (Lipinski definition) is 1. The molecule has 1 heterocycles. The van der Waals surface area contributed by atoms with E-state index < -0.39 is 0 Å². The summed E-state index contributed by atoms with van der Waals surface area (Å²) in [5, 5.41) is 0. The van der Waals surface area contributed by atoms with Gasteiger partial charge in [0.05, 0.1) is 0 Å². The summed E-state index contributed by atoms with van der Waals surface area (Å²) in [4.78, 5) is 2.46. The largest absolute Gasteiger partial charge is 0.291 e. The van der Waals surface area contributed by atoms with Crippen LogP contribution in [0.1, 0.15) is 20.8 Å². The van der Waals surface area contributed by atoms with Gasteiger partial charge in [-0.25, -0.2) is 0 Å². The molecule has 1 aliphatic heterocycles. The van der Waals surface area contributed by atoms with Crippen LogP contribution in [0.4, 0.5) is 0 Å². The molecule has 0 aromatic heterocycles. The lowest BCUT2D eigenvalue weighted by molar-refractivity contribution is 0.243. The van der Waals surface area contributed by atoms with Crippen molar-refractivity contribution >= 4 is 0 Å². The topological polar surface area (TPSA) is 3.24 Å². The van der Waals surface area contributed by atoms with E-state index in [1.54, 1.807) is 0 Å². The first-order chi connectivity index (χ1) is 4.25. The molecule has 0 aliphatic carbocycles. The number of likely N-dealkylation sites (N-methyl/N-ethyl adjacent to an activating group) is 1. The first-order valence-electron chi connectivity index (χ1n) is 3.69. The molecular weight excluding hydrogens is 110 g/mol. The molecule has 0 saturated heterocycles. The summed E-state index contributed by atoms with van der Waals surface area (Å²) in [5.74, 6) is 0. The molecule has 0 saturated carbocycles. The first-order valence-corrected chi connectivity index (χ1v) is 3.69. The summed E-state index contributed by atoms with van der Waals surface area (Å²) in [5.41, 5.74) is 0. The second-order valence-corrected chi connectivity index (χ2v) is 2.70. The van der Waals surface area contributed by atoms with Crippen LogP contribution in [0.3, 0.4) is 0 Å². The third kappa shape index (κ3) is 1.16. The van der Waals surface area contributed by atoms with Gasteiger partial charge in [-0.1, -0.05) is 19.1 Å². The maximum absolute atomic E-state index is 2.46. The van der Waals surface area contributed by atoms with E-state index in [0.29, 0.717) is 12.1 Å². The van der Waals surface area contributed by atoms with Crippen molar-refractivity contribution in [2.24, 2.45) is 0 Å². The highest BCUT2D eigenvalue weighted by atomic mass is 15.2. The maximum atomic E-state index is 2.46. The molecule has 0 radical (unpaired) electrons. The van der Waals surface area contributed by atoms with Gasteiger partial charge in [-0.2, -0.15) is 0 Å². The smallest absolute Gasteiger partial charge is 0.0256 e. The Bertz CT molecular complexity index is 106. The van der Waals surface area contributed by atoms with Crippen molar-refractivity contribution in [3.05, 3.63) is 12.2 Å². The molecule has 0 aromatic rings. The predicted octanol–water partition coefficient (Wildman–Crippen LogP) is 1.66. The lowest BCUT2D eigenvalue weighted by Crippen LogP contribution is -2.33. The van der Waals surface area contributed by atoms with Crippen LogP contribution in [0, 0.1) is 0 Å². The normalized spacial score (nSPS) is 35.9. The second-order valence-electron chi connectivity index (χ2n) is 2.70. The molecular formula is C8H15N. The van der Waals surface area contributed by atoms with Crippen molar-refractivity contribution in [2.45, 2.75) is 32.9 Å². The third-order valence-corrected chi connectivity index (χ3v) is 2.08. The minimum absolute atomic E-state index is 0.657. The zero-order valence-electron chi connectivity index (χ0n) is 6.46. The Labute approximate surface area is 57.4 Å². The van der Waals surface area contributed by atoms with Gasteiger partial charge in [0.2, 0.25) is 0 Å². The van der Waals surface area contributed by atoms with Crippen molar-refractivity contribution in [1.82, 2.24) is 4.90 Å². The van der Waals surface area contributed by atoms with Gasteiger partial charge in [-0.3, -0.25) is 4.90 Å². The van der Waals surface area contributed by atoms with E-state index in [2.05, 4.69) is 37.8 Å². The first kappa shape index (κ1) is 6.81. The summed E-state index contributed by atoms with van der Waals surface area (Å²) >= 11 is 0. The number of rotatable bonds is 1. The summed E-state index contributed by atoms with van der Waals surface area (Å²) in [6.07, 6.45) is 4.54. The summed E-state index contributed by atoms with van der Waals surface area (Å²) < 4.78 is 0. The Hall–Kier alpha value is -0.300. The molecule has 52 valence electrons. The van der Waals surface area contributed by atoms with E-state index in [0.717, 1.165) is 6.54 Å². The molecule has 1 nitrogen and oxygen atoms in total. The molecule has 1 aliphatic rings. The van der Waals surface area contributed by atoms with Gasteiger partial charge < -0.3 is 0 Å². The third-order valence-electron chi connectivity index (χ3n) is 2.08. The van der Waals surface area contributed by atoms with Crippen LogP contribution in [-0.2, 0) is 0 Å². The average Bonchev–Trinajstić information content (AvgIpc) is 2.12. The van der Waals surface area contributed by atoms with E-state index in [9.17, 15) is 0 Å². The number of nitrogens with zero attached hydrogens (tertiary/aromatic N) is 1. The van der Waals surface area contributed by atoms with Crippen LogP contribution in [0.25, 0.3) is 0 Å². The summed E-state index contributed by atoms with van der Waals surface area (Å²) in [6, 6.07) is 1.31. The van der Waals surface area contributed by atoms with Crippen LogP contribution in [0.2, 0.25) is 0 Å². The van der Waals surface area contributed by atoms with Crippen LogP contribution in [0.5, 0.6) is 0 Å². The molecule has 1 rings (SSSR count). The van der Waals surface area contributed by atoms with Crippen molar-refractivity contribution in [3.63, 3.8) is 0 Å². The number of hydrogen-bond donors (Lipinski definition) is 0. The highest BCUT2D eigenvalue weighted by Gasteiger charge is 2.18. The maximum Gasteiger partial charge on any atom is 0.0256 e. The molecule has 0 amide bonds. The molecule has 2 unspecified atom stereocenters. The van der Waals surface area contributed by atoms with Crippen molar-refractivity contribution in [3.8, 4) is 0 Å². The Morgan fingerprint density at radius 1 is 1.22 bits per heavy atom. The molecule has 0 spiro atoms. The SMILES string of the molecule is CCN1C(C)C=CC1C. The summed E-state index contributed by atoms with van der Waals surface area (Å²) in [6.45, 7) is 7.85. The zero-order valence-corrected chi connectivity index (χ0v) is 6.46. The Morgan fingerprint density at radius 2 is 1.67 bits per heavy atom. The van der Waals surface area contributed by atoms with Crippen LogP contribution in [0.15, 0.2) is 12.2 Å². The fourth-order valence-corrected chi connectivity index (χ4v) is 1.49. The Balaban J connectivity index is 2.53. The van der Waals surface area contributed by atoms with Crippen molar-refractivity contribution in [1.29, 1.82) is 0 Å². The van der Waals surface area contributed by atoms with Gasteiger partial charge in [0.1, 0.15) is 0 Å². The molecule has 0 bridgehead atoms. The summed E-state index contributed by atoms with van der Waals surface area (Å²) in [7, 11) is 0. The van der Waals surface area contributed by atoms with E-state index in [1.807, 2.05) is 0 Å². The molecule has 0 fully saturated rings. The minimum Gasteiger partial charge on any atom is -0.291 e. The van der Waals surface area contributed by atoms with Crippen molar-refractivity contribution in [2.75, 3.05) is 6.54 Å². The lowest BCUT2D eigenvalue weighted by atomic mass is 10.3. The highest BCUT2D eigenvalue weighted by molar-refractivity contribution is 5.06. The Morgan fingerprint density at radius 3 is 1.89 bits per heavy atom. The molecule has 1 heteroatoms. The van der Waals surface area contributed by atoms with E-state index in [-0.39, 0.29) is 0 Å². The van der Waals surface area contributed by atoms with Crippen LogP contribution >= 0.6 is 0 Å². The average molecular weight is 125 g/mol. The van der Waals surface area contributed by atoms with Crippen LogP contribution < -0.4 is 0 Å². The molecule has 0 N–H and O–H groups in total. The van der Waals surface area contributed by atoms with Crippen LogP contribution in [-0.4, -0.2) is 23.5 Å². The van der Waals surface area contributed by atoms with E-state index in [1.165, 1.54) is 0 Å². The second kappa shape index (κ2) is 2.53. The Kier molecular flexibility index (Phi) is 1.91. The van der Waals surface area contributed by atoms with Gasteiger partial charge in [-0.05, 0) is 20.4 Å². The van der Waals surface area contributed by atoms with E-state index >= 15 is 0 Å². The highest BCUT2D eigenvalue weighted by Crippen LogP contribution is 2.14. The van der Waals surface area contributed by atoms with Gasteiger partial charge >= 0.3 is 0 Å². The van der Waals surface area contributed by atoms with Gasteiger partial charge in [0.25, 0.3) is 0 Å². The van der Waals surface area contributed by atoms with E-state index in [4.69, 9.17) is 0 Å². The van der Waals surface area contributed by atoms with Gasteiger partial charge in [0, 0.05) is 12.1 Å². The van der Waals surface area contributed by atoms with Gasteiger partial charge in [-0.15, -0.1) is 0 Å². The van der Waals surface area contributed by atoms with Gasteiger partial charge in [0.15, 0.2) is 0 Å². The van der Waals surface area contributed by atoms with Crippen molar-refractivity contribution < 1.29 is 0 Å². The molecule has 9 heavy (non-hydrogen) atoms. The minimum atomic E-state index is 0.657. The fourth-order valence-electron chi connectivity index (χ4n) is 1.49. The molecule has 2 atom stereocenters. The quantitative estimate of drug-likeness (QED) is 0.482. The predicted molar refractivity (Wildman–Crippen MR) is 40.4 cm³/mol. The standard InChI is InChI=1S/C8H15N/c1-4-9-7(2)5-6-8(9)3/h5-8H,4H2,1-3H3. The monoisotopic (exact) mass is 125 g/mol. The molecule has 0 aromatic carbocycles. The zero-order chi connectivity index (χ0) is 6.85. The fraction of sp³-hybridized carbons (Fsp3) is 0.750. The lowest BCUT2D eigenvalue weighted by Gasteiger charge is -2.23.